The average Bonchev–Trinajstić information content (AvgIpc) is 2.27. The Balaban J connectivity index is 3.21. The van der Waals surface area contributed by atoms with Crippen LogP contribution in [0.3, 0.4) is 0 Å². The van der Waals surface area contributed by atoms with E-state index in [0.717, 1.165) is 12.8 Å². The zero-order valence-electron chi connectivity index (χ0n) is 11.0. The number of methoxy groups -OCH3 is 1. The molecule has 3 nitrogen and oxygen atoms in total. The third-order valence-corrected chi connectivity index (χ3v) is 2.61. The molecule has 96 valence electrons. The molecule has 16 heavy (non-hydrogen) atoms. The van der Waals surface area contributed by atoms with Crippen molar-refractivity contribution in [2.45, 2.75) is 71.5 Å². The van der Waals surface area contributed by atoms with Gasteiger partial charge in [0.05, 0.1) is 0 Å². The molecule has 0 radical (unpaired) electrons. The van der Waals surface area contributed by atoms with Gasteiger partial charge in [0.1, 0.15) is 0 Å². The number of rotatable bonds is 10. The highest BCUT2D eigenvalue weighted by Gasteiger charge is 2.07. The van der Waals surface area contributed by atoms with Crippen LogP contribution in [0, 0.1) is 0 Å². The summed E-state index contributed by atoms with van der Waals surface area (Å²) in [4.78, 5) is 11.2. The molecule has 0 aromatic carbocycles. The van der Waals surface area contributed by atoms with E-state index in [0.29, 0.717) is 6.42 Å². The van der Waals surface area contributed by atoms with E-state index in [1.54, 1.807) is 6.92 Å². The van der Waals surface area contributed by atoms with Gasteiger partial charge in [-0.15, -0.1) is 0 Å². The van der Waals surface area contributed by atoms with Gasteiger partial charge in [-0.05, 0) is 13.3 Å². The fraction of sp³-hybridized carbons (Fsp3) is 0.923. The van der Waals surface area contributed by atoms with Crippen LogP contribution >= 0.6 is 0 Å². The molecule has 0 aliphatic carbocycles. The predicted molar refractivity (Wildman–Crippen MR) is 65.2 cm³/mol. The Labute approximate surface area is 99.5 Å². The molecule has 3 heteroatoms. The lowest BCUT2D eigenvalue weighted by molar-refractivity contribution is -0.169. The van der Waals surface area contributed by atoms with Crippen LogP contribution in [0.5, 0.6) is 0 Å². The van der Waals surface area contributed by atoms with E-state index in [2.05, 4.69) is 6.92 Å². The quantitative estimate of drug-likeness (QED) is 0.326. The van der Waals surface area contributed by atoms with E-state index in [4.69, 9.17) is 9.47 Å². The van der Waals surface area contributed by atoms with Gasteiger partial charge in [0.15, 0.2) is 6.29 Å². The van der Waals surface area contributed by atoms with Crippen molar-refractivity contribution >= 4 is 5.97 Å². The Kier molecular flexibility index (Phi) is 10.5. The smallest absolute Gasteiger partial charge is 0.308 e. The van der Waals surface area contributed by atoms with Crippen molar-refractivity contribution in [3.63, 3.8) is 0 Å². The van der Waals surface area contributed by atoms with Crippen molar-refractivity contribution in [1.29, 1.82) is 0 Å². The maximum Gasteiger partial charge on any atom is 0.308 e. The molecular formula is C13H26O3. The maximum atomic E-state index is 11.2. The van der Waals surface area contributed by atoms with Crippen molar-refractivity contribution in [2.75, 3.05) is 7.11 Å². The Morgan fingerprint density at radius 3 is 2.19 bits per heavy atom. The van der Waals surface area contributed by atoms with Crippen LogP contribution in [0.15, 0.2) is 0 Å². The highest BCUT2D eigenvalue weighted by molar-refractivity contribution is 5.69. The van der Waals surface area contributed by atoms with E-state index in [1.165, 1.54) is 39.2 Å². The van der Waals surface area contributed by atoms with E-state index in [9.17, 15) is 4.79 Å². The molecule has 0 spiro atoms. The largest absolute Gasteiger partial charge is 0.436 e. The molecule has 0 bridgehead atoms. The average molecular weight is 230 g/mol. The Hall–Kier alpha value is -0.570. The molecule has 1 unspecified atom stereocenters. The van der Waals surface area contributed by atoms with E-state index >= 15 is 0 Å². The third kappa shape index (κ3) is 9.97. The van der Waals surface area contributed by atoms with Crippen LogP contribution < -0.4 is 0 Å². The molecule has 0 aromatic heterocycles. The number of ether oxygens (including phenoxy) is 2. The monoisotopic (exact) mass is 230 g/mol. The fourth-order valence-electron chi connectivity index (χ4n) is 1.52. The summed E-state index contributed by atoms with van der Waals surface area (Å²) in [6.07, 6.45) is 8.60. The van der Waals surface area contributed by atoms with Gasteiger partial charge in [-0.2, -0.15) is 0 Å². The van der Waals surface area contributed by atoms with Crippen LogP contribution in [-0.2, 0) is 14.3 Å². The van der Waals surface area contributed by atoms with Gasteiger partial charge < -0.3 is 9.47 Å². The normalized spacial score (nSPS) is 12.4. The molecule has 0 saturated carbocycles. The Morgan fingerprint density at radius 2 is 1.62 bits per heavy atom. The summed E-state index contributed by atoms with van der Waals surface area (Å²) in [6.45, 7) is 3.94. The number of carbonyl (C=O) groups is 1. The fourth-order valence-corrected chi connectivity index (χ4v) is 1.52. The molecule has 0 aliphatic rings. The van der Waals surface area contributed by atoms with E-state index in [1.807, 2.05) is 0 Å². The second-order valence-corrected chi connectivity index (χ2v) is 4.16. The van der Waals surface area contributed by atoms with Crippen LogP contribution in [-0.4, -0.2) is 19.4 Å². The van der Waals surface area contributed by atoms with E-state index in [-0.39, 0.29) is 5.97 Å². The third-order valence-electron chi connectivity index (χ3n) is 2.61. The summed E-state index contributed by atoms with van der Waals surface area (Å²) >= 11 is 0. The minimum Gasteiger partial charge on any atom is -0.436 e. The molecule has 0 rings (SSSR count). The molecule has 0 saturated heterocycles. The van der Waals surface area contributed by atoms with Gasteiger partial charge >= 0.3 is 5.97 Å². The molecule has 0 N–H and O–H groups in total. The van der Waals surface area contributed by atoms with E-state index < -0.39 is 6.29 Å². The maximum absolute atomic E-state index is 11.2. The van der Waals surface area contributed by atoms with Crippen LogP contribution in [0.25, 0.3) is 0 Å². The predicted octanol–water partition coefficient (Wildman–Crippen LogP) is 3.66. The first-order chi connectivity index (χ1) is 7.70. The van der Waals surface area contributed by atoms with Gasteiger partial charge in [-0.1, -0.05) is 45.4 Å². The second kappa shape index (κ2) is 10.9. The van der Waals surface area contributed by atoms with Crippen LogP contribution in [0.4, 0.5) is 0 Å². The van der Waals surface area contributed by atoms with Crippen molar-refractivity contribution in [1.82, 2.24) is 0 Å². The number of carbonyl (C=O) groups excluding carboxylic acids is 1. The zero-order valence-corrected chi connectivity index (χ0v) is 11.0. The summed E-state index contributed by atoms with van der Waals surface area (Å²) in [5.74, 6) is -0.150. The summed E-state index contributed by atoms with van der Waals surface area (Å²) in [5, 5.41) is 0. The Bertz CT molecular complexity index is 169. The summed E-state index contributed by atoms with van der Waals surface area (Å²) in [7, 11) is 1.53. The molecule has 0 heterocycles. The minimum atomic E-state index is -0.419. The first-order valence-electron chi connectivity index (χ1n) is 6.43. The van der Waals surface area contributed by atoms with Crippen molar-refractivity contribution in [3.8, 4) is 0 Å². The van der Waals surface area contributed by atoms with Crippen molar-refractivity contribution in [3.05, 3.63) is 0 Å². The Morgan fingerprint density at radius 1 is 1.06 bits per heavy atom. The molecule has 0 amide bonds. The highest BCUT2D eigenvalue weighted by atomic mass is 16.7. The molecule has 1 atom stereocenters. The zero-order chi connectivity index (χ0) is 12.2. The number of esters is 1. The number of hydrogen-bond acceptors (Lipinski definition) is 3. The minimum absolute atomic E-state index is 0.150. The molecule has 0 aromatic rings. The van der Waals surface area contributed by atoms with Crippen molar-refractivity contribution in [2.24, 2.45) is 0 Å². The molecule has 0 fully saturated rings. The van der Waals surface area contributed by atoms with Gasteiger partial charge in [-0.25, -0.2) is 0 Å². The lowest BCUT2D eigenvalue weighted by Gasteiger charge is -2.10. The molecular weight excluding hydrogens is 204 g/mol. The van der Waals surface area contributed by atoms with Gasteiger partial charge in [0.2, 0.25) is 0 Å². The number of hydrogen-bond donors (Lipinski definition) is 0. The van der Waals surface area contributed by atoms with Crippen molar-refractivity contribution < 1.29 is 14.3 Å². The lowest BCUT2D eigenvalue weighted by Crippen LogP contribution is -2.16. The van der Waals surface area contributed by atoms with Crippen LogP contribution in [0.1, 0.15) is 65.2 Å². The summed E-state index contributed by atoms with van der Waals surface area (Å²) in [6, 6.07) is 0. The summed E-state index contributed by atoms with van der Waals surface area (Å²) in [5.41, 5.74) is 0. The summed E-state index contributed by atoms with van der Waals surface area (Å²) < 4.78 is 9.83. The highest BCUT2D eigenvalue weighted by Crippen LogP contribution is 2.09. The van der Waals surface area contributed by atoms with Gasteiger partial charge in [0, 0.05) is 13.5 Å². The number of unbranched alkanes of at least 4 members (excludes halogenated alkanes) is 6. The topological polar surface area (TPSA) is 35.5 Å². The SMILES string of the molecule is CCCCCCCCCC(=O)OC(C)OC. The molecule has 0 aliphatic heterocycles. The lowest BCUT2D eigenvalue weighted by atomic mass is 10.1. The van der Waals surface area contributed by atoms with Gasteiger partial charge in [0.25, 0.3) is 0 Å². The first-order valence-corrected chi connectivity index (χ1v) is 6.43. The standard InChI is InChI=1S/C13H26O3/c1-4-5-6-7-8-9-10-11-13(14)16-12(2)15-3/h12H,4-11H2,1-3H3. The van der Waals surface area contributed by atoms with Crippen LogP contribution in [0.2, 0.25) is 0 Å². The first kappa shape index (κ1) is 15.4. The second-order valence-electron chi connectivity index (χ2n) is 4.16. The van der Waals surface area contributed by atoms with Gasteiger partial charge in [-0.3, -0.25) is 4.79 Å².